The molecule has 0 spiro atoms. The number of rotatable bonds is 8. The molecule has 7 heteroatoms. The van der Waals surface area contributed by atoms with E-state index in [1.165, 1.54) is 4.90 Å². The molecule has 1 aliphatic rings. The van der Waals surface area contributed by atoms with Crippen LogP contribution in [-0.4, -0.2) is 69.1 Å². The van der Waals surface area contributed by atoms with E-state index >= 15 is 0 Å². The zero-order valence-corrected chi connectivity index (χ0v) is 19.3. The lowest BCUT2D eigenvalue weighted by molar-refractivity contribution is 0.128. The molecular formula is C19H33IN4OS. The number of ether oxygens (including phenoxy) is 1. The molecule has 1 aromatic rings. The quantitative estimate of drug-likeness (QED) is 0.253. The van der Waals surface area contributed by atoms with Gasteiger partial charge in [-0.15, -0.1) is 35.7 Å². The minimum atomic E-state index is 0. The van der Waals surface area contributed by atoms with Crippen LogP contribution in [0.2, 0.25) is 0 Å². The van der Waals surface area contributed by atoms with Gasteiger partial charge in [-0.1, -0.05) is 25.1 Å². The Balaban J connectivity index is 0.00000338. The van der Waals surface area contributed by atoms with Gasteiger partial charge >= 0.3 is 0 Å². The summed E-state index contributed by atoms with van der Waals surface area (Å²) in [7, 11) is 3.61. The summed E-state index contributed by atoms with van der Waals surface area (Å²) >= 11 is 1.89. The molecule has 0 radical (unpaired) electrons. The summed E-state index contributed by atoms with van der Waals surface area (Å²) < 4.78 is 5.16. The lowest BCUT2D eigenvalue weighted by atomic mass is 10.1. The molecule has 2 N–H and O–H groups in total. The number of benzene rings is 1. The third-order valence-corrected chi connectivity index (χ3v) is 5.51. The van der Waals surface area contributed by atoms with Gasteiger partial charge in [0.15, 0.2) is 5.96 Å². The zero-order valence-electron chi connectivity index (χ0n) is 16.1. The van der Waals surface area contributed by atoms with Crippen LogP contribution >= 0.6 is 35.7 Å². The number of nitrogens with one attached hydrogen (secondary N) is 2. The molecule has 1 fully saturated rings. The topological polar surface area (TPSA) is 48.9 Å². The van der Waals surface area contributed by atoms with Crippen LogP contribution in [0.25, 0.3) is 0 Å². The molecule has 0 aliphatic carbocycles. The molecule has 1 atom stereocenters. The van der Waals surface area contributed by atoms with Crippen molar-refractivity contribution >= 4 is 41.7 Å². The molecule has 0 bridgehead atoms. The molecule has 148 valence electrons. The van der Waals surface area contributed by atoms with Crippen molar-refractivity contribution in [2.75, 3.05) is 46.9 Å². The van der Waals surface area contributed by atoms with Crippen molar-refractivity contribution in [3.05, 3.63) is 30.3 Å². The van der Waals surface area contributed by atoms with E-state index in [0.717, 1.165) is 51.6 Å². The smallest absolute Gasteiger partial charge is 0.191 e. The van der Waals surface area contributed by atoms with Crippen molar-refractivity contribution in [1.82, 2.24) is 15.5 Å². The van der Waals surface area contributed by atoms with E-state index in [1.807, 2.05) is 18.8 Å². The Morgan fingerprint density at radius 2 is 2.00 bits per heavy atom. The van der Waals surface area contributed by atoms with Crippen LogP contribution in [0.5, 0.6) is 0 Å². The Kier molecular flexibility index (Phi) is 12.3. The van der Waals surface area contributed by atoms with E-state index in [2.05, 4.69) is 57.8 Å². The van der Waals surface area contributed by atoms with Crippen LogP contribution in [0.3, 0.4) is 0 Å². The van der Waals surface area contributed by atoms with Gasteiger partial charge in [-0.2, -0.15) is 0 Å². The summed E-state index contributed by atoms with van der Waals surface area (Å²) in [5.74, 6) is 0.913. The van der Waals surface area contributed by atoms with Gasteiger partial charge in [0, 0.05) is 56.5 Å². The standard InChI is InChI=1S/C19H32N4OS.HI/c1-16(25-18-7-5-4-6-8-18)15-21-19(20-2)22-17-9-11-23(12-10-17)13-14-24-3;/h4-8,16-17H,9-15H2,1-3H3,(H2,20,21,22);1H. The molecule has 1 saturated heterocycles. The van der Waals surface area contributed by atoms with Gasteiger partial charge in [-0.25, -0.2) is 0 Å². The van der Waals surface area contributed by atoms with E-state index in [9.17, 15) is 0 Å². The summed E-state index contributed by atoms with van der Waals surface area (Å²) in [6.07, 6.45) is 2.30. The monoisotopic (exact) mass is 492 g/mol. The zero-order chi connectivity index (χ0) is 17.9. The van der Waals surface area contributed by atoms with Crippen molar-refractivity contribution in [2.45, 2.75) is 36.0 Å². The molecule has 1 aliphatic heterocycles. The van der Waals surface area contributed by atoms with Crippen molar-refractivity contribution in [3.8, 4) is 0 Å². The van der Waals surface area contributed by atoms with Gasteiger partial charge < -0.3 is 20.3 Å². The summed E-state index contributed by atoms with van der Waals surface area (Å²) in [6.45, 7) is 7.23. The summed E-state index contributed by atoms with van der Waals surface area (Å²) in [4.78, 5) is 8.16. The van der Waals surface area contributed by atoms with E-state index in [-0.39, 0.29) is 24.0 Å². The van der Waals surface area contributed by atoms with Crippen LogP contribution in [0.4, 0.5) is 0 Å². The number of thioether (sulfide) groups is 1. The van der Waals surface area contributed by atoms with Gasteiger partial charge in [-0.3, -0.25) is 4.99 Å². The SMILES string of the molecule is CN=C(NCC(C)Sc1ccccc1)NC1CCN(CCOC)CC1.I. The summed E-state index contributed by atoms with van der Waals surface area (Å²) in [5.41, 5.74) is 0. The highest BCUT2D eigenvalue weighted by Gasteiger charge is 2.19. The van der Waals surface area contributed by atoms with Gasteiger partial charge in [0.1, 0.15) is 0 Å². The fraction of sp³-hybridized carbons (Fsp3) is 0.632. The van der Waals surface area contributed by atoms with E-state index in [4.69, 9.17) is 4.74 Å². The molecule has 1 heterocycles. The maximum absolute atomic E-state index is 5.16. The Morgan fingerprint density at radius 1 is 1.31 bits per heavy atom. The Bertz CT molecular complexity index is 510. The Hall–Kier alpha value is -0.510. The highest BCUT2D eigenvalue weighted by molar-refractivity contribution is 14.0. The molecule has 0 amide bonds. The van der Waals surface area contributed by atoms with Gasteiger partial charge in [0.2, 0.25) is 0 Å². The van der Waals surface area contributed by atoms with Crippen molar-refractivity contribution in [1.29, 1.82) is 0 Å². The maximum atomic E-state index is 5.16. The largest absolute Gasteiger partial charge is 0.383 e. The van der Waals surface area contributed by atoms with E-state index < -0.39 is 0 Å². The third-order valence-electron chi connectivity index (χ3n) is 4.40. The number of piperidine rings is 1. The second-order valence-electron chi connectivity index (χ2n) is 6.45. The molecule has 0 saturated carbocycles. The van der Waals surface area contributed by atoms with E-state index in [0.29, 0.717) is 11.3 Å². The third kappa shape index (κ3) is 8.92. The highest BCUT2D eigenvalue weighted by atomic mass is 127. The fourth-order valence-electron chi connectivity index (χ4n) is 2.92. The minimum absolute atomic E-state index is 0. The first-order valence-corrected chi connectivity index (χ1v) is 9.99. The molecular weight excluding hydrogens is 459 g/mol. The number of halogens is 1. The van der Waals surface area contributed by atoms with Crippen molar-refractivity contribution in [3.63, 3.8) is 0 Å². The van der Waals surface area contributed by atoms with Crippen LogP contribution < -0.4 is 10.6 Å². The first-order chi connectivity index (χ1) is 12.2. The van der Waals surface area contributed by atoms with Gasteiger partial charge in [0.05, 0.1) is 6.61 Å². The van der Waals surface area contributed by atoms with Gasteiger partial charge in [0.25, 0.3) is 0 Å². The van der Waals surface area contributed by atoms with Crippen molar-refractivity contribution < 1.29 is 4.74 Å². The highest BCUT2D eigenvalue weighted by Crippen LogP contribution is 2.21. The lowest BCUT2D eigenvalue weighted by Crippen LogP contribution is -2.49. The van der Waals surface area contributed by atoms with Crippen LogP contribution in [0.1, 0.15) is 19.8 Å². The molecule has 1 unspecified atom stereocenters. The van der Waals surface area contributed by atoms with Crippen LogP contribution in [0, 0.1) is 0 Å². The fourth-order valence-corrected chi connectivity index (χ4v) is 3.87. The van der Waals surface area contributed by atoms with Crippen LogP contribution in [-0.2, 0) is 4.74 Å². The predicted octanol–water partition coefficient (Wildman–Crippen LogP) is 3.06. The Labute approximate surface area is 179 Å². The molecule has 0 aromatic heterocycles. The second-order valence-corrected chi connectivity index (χ2v) is 7.96. The number of nitrogens with zero attached hydrogens (tertiary/aromatic N) is 2. The average Bonchev–Trinajstić information content (AvgIpc) is 2.65. The predicted molar refractivity (Wildman–Crippen MR) is 123 cm³/mol. The number of aliphatic imine (C=N–C) groups is 1. The lowest BCUT2D eigenvalue weighted by Gasteiger charge is -2.33. The summed E-state index contributed by atoms with van der Waals surface area (Å²) in [6, 6.07) is 11.0. The second kappa shape index (κ2) is 13.6. The number of methoxy groups -OCH3 is 1. The molecule has 1 aromatic carbocycles. The van der Waals surface area contributed by atoms with E-state index in [1.54, 1.807) is 7.11 Å². The normalized spacial score (nSPS) is 17.4. The van der Waals surface area contributed by atoms with Crippen LogP contribution in [0.15, 0.2) is 40.2 Å². The van der Waals surface area contributed by atoms with Gasteiger partial charge in [-0.05, 0) is 25.0 Å². The number of likely N-dealkylation sites (tertiary alicyclic amines) is 1. The van der Waals surface area contributed by atoms with Crippen molar-refractivity contribution in [2.24, 2.45) is 4.99 Å². The molecule has 5 nitrogen and oxygen atoms in total. The Morgan fingerprint density at radius 3 is 2.62 bits per heavy atom. The number of hydrogen-bond donors (Lipinski definition) is 2. The first kappa shape index (κ1) is 23.5. The maximum Gasteiger partial charge on any atom is 0.191 e. The number of hydrogen-bond acceptors (Lipinski definition) is 4. The number of guanidine groups is 1. The minimum Gasteiger partial charge on any atom is -0.383 e. The first-order valence-electron chi connectivity index (χ1n) is 9.11. The summed E-state index contributed by atoms with van der Waals surface area (Å²) in [5, 5.41) is 7.52. The average molecular weight is 492 g/mol. The molecule has 2 rings (SSSR count). The molecule has 26 heavy (non-hydrogen) atoms.